The Morgan fingerprint density at radius 1 is 0.889 bits per heavy atom. The van der Waals surface area contributed by atoms with Gasteiger partial charge in [0.1, 0.15) is 11.4 Å². The van der Waals surface area contributed by atoms with Gasteiger partial charge < -0.3 is 5.32 Å². The summed E-state index contributed by atoms with van der Waals surface area (Å²) < 4.78 is 0. The van der Waals surface area contributed by atoms with Crippen LogP contribution in [0.4, 0.5) is 0 Å². The first-order valence-electron chi connectivity index (χ1n) is 7.59. The molecule has 140 valence electrons. The third kappa shape index (κ3) is 6.29. The van der Waals surface area contributed by atoms with Gasteiger partial charge in [0.15, 0.2) is 0 Å². The predicted molar refractivity (Wildman–Crippen MR) is 101 cm³/mol. The second kappa shape index (κ2) is 11.1. The molecule has 3 aromatic rings. The molecular weight excluding hydrogens is 346 g/mol. The largest absolute Gasteiger partial charge is 0.354 e. The third-order valence-electron chi connectivity index (χ3n) is 3.21. The van der Waals surface area contributed by atoms with Gasteiger partial charge in [0, 0.05) is 37.4 Å². The molecule has 8 heteroatoms. The van der Waals surface area contributed by atoms with Gasteiger partial charge in [-0.2, -0.15) is 0 Å². The van der Waals surface area contributed by atoms with Crippen molar-refractivity contribution in [3.8, 4) is 11.1 Å². The van der Waals surface area contributed by atoms with Crippen molar-refractivity contribution in [1.82, 2.24) is 25.7 Å². The second-order valence-corrected chi connectivity index (χ2v) is 4.91. The van der Waals surface area contributed by atoms with Crippen LogP contribution in [0.3, 0.4) is 0 Å². The van der Waals surface area contributed by atoms with Crippen molar-refractivity contribution >= 4 is 11.8 Å². The van der Waals surface area contributed by atoms with Gasteiger partial charge in [-0.3, -0.25) is 29.7 Å². The number of pyridine rings is 3. The van der Waals surface area contributed by atoms with Crippen molar-refractivity contribution in [3.63, 3.8) is 0 Å². The van der Waals surface area contributed by atoms with E-state index in [0.717, 1.165) is 11.1 Å². The van der Waals surface area contributed by atoms with Crippen molar-refractivity contribution in [3.05, 3.63) is 78.6 Å². The van der Waals surface area contributed by atoms with E-state index in [2.05, 4.69) is 20.3 Å². The number of hydrogen-bond acceptors (Lipinski definition) is 6. The topological polar surface area (TPSA) is 117 Å². The summed E-state index contributed by atoms with van der Waals surface area (Å²) >= 11 is 0. The Labute approximate surface area is 157 Å². The van der Waals surface area contributed by atoms with Gasteiger partial charge in [-0.25, -0.2) is 5.48 Å². The first-order valence-corrected chi connectivity index (χ1v) is 7.59. The molecule has 3 rings (SSSR count). The molecule has 3 aromatic heterocycles. The molecule has 0 aliphatic heterocycles. The lowest BCUT2D eigenvalue weighted by Gasteiger charge is -2.02. The van der Waals surface area contributed by atoms with E-state index in [-0.39, 0.29) is 19.0 Å². The van der Waals surface area contributed by atoms with Crippen LogP contribution in [-0.4, -0.2) is 39.0 Å². The Morgan fingerprint density at radius 3 is 2.26 bits per heavy atom. The number of amides is 2. The van der Waals surface area contributed by atoms with Crippen molar-refractivity contribution in [2.24, 2.45) is 0 Å². The number of nitrogens with zero attached hydrogens (tertiary/aromatic N) is 3. The zero-order chi connectivity index (χ0) is 18.8. The number of hydrogen-bond donors (Lipinski definition) is 3. The molecule has 0 saturated heterocycles. The SMILES string of the molecule is C.CNC(=O)c1ccccn1.O=C(NO)c1cc(-c2cccnc2)ccn1. The molecule has 0 spiro atoms. The van der Waals surface area contributed by atoms with Crippen LogP contribution in [0, 0.1) is 0 Å². The molecule has 2 amide bonds. The molecule has 0 saturated carbocycles. The van der Waals surface area contributed by atoms with E-state index < -0.39 is 5.91 Å². The van der Waals surface area contributed by atoms with Crippen molar-refractivity contribution in [2.45, 2.75) is 7.43 Å². The molecule has 8 nitrogen and oxygen atoms in total. The zero-order valence-corrected chi connectivity index (χ0v) is 14.0. The normalized spacial score (nSPS) is 9.11. The molecule has 27 heavy (non-hydrogen) atoms. The minimum atomic E-state index is -0.634. The maximum absolute atomic E-state index is 11.2. The van der Waals surface area contributed by atoms with Crippen molar-refractivity contribution < 1.29 is 14.8 Å². The third-order valence-corrected chi connectivity index (χ3v) is 3.21. The maximum Gasteiger partial charge on any atom is 0.293 e. The number of aromatic nitrogens is 3. The molecule has 0 aliphatic carbocycles. The second-order valence-electron chi connectivity index (χ2n) is 4.91. The molecular formula is C19H21N5O3. The summed E-state index contributed by atoms with van der Waals surface area (Å²) in [6, 6.07) is 12.3. The number of rotatable bonds is 3. The smallest absolute Gasteiger partial charge is 0.293 e. The highest BCUT2D eigenvalue weighted by molar-refractivity contribution is 5.92. The maximum atomic E-state index is 11.2. The average Bonchev–Trinajstić information content (AvgIpc) is 2.74. The van der Waals surface area contributed by atoms with Gasteiger partial charge in [0.2, 0.25) is 0 Å². The summed E-state index contributed by atoms with van der Waals surface area (Å²) in [4.78, 5) is 33.7. The monoisotopic (exact) mass is 367 g/mol. The molecule has 0 atom stereocenters. The van der Waals surface area contributed by atoms with E-state index in [1.54, 1.807) is 61.5 Å². The van der Waals surface area contributed by atoms with Gasteiger partial charge in [0.05, 0.1) is 0 Å². The van der Waals surface area contributed by atoms with Gasteiger partial charge in [-0.15, -0.1) is 0 Å². The molecule has 0 bridgehead atoms. The van der Waals surface area contributed by atoms with E-state index >= 15 is 0 Å². The molecule has 3 N–H and O–H groups in total. The van der Waals surface area contributed by atoms with E-state index in [9.17, 15) is 9.59 Å². The Morgan fingerprint density at radius 2 is 1.67 bits per heavy atom. The highest BCUT2D eigenvalue weighted by Gasteiger charge is 2.07. The van der Waals surface area contributed by atoms with E-state index in [1.165, 1.54) is 6.20 Å². The lowest BCUT2D eigenvalue weighted by Crippen LogP contribution is -2.19. The number of hydroxylamine groups is 1. The summed E-state index contributed by atoms with van der Waals surface area (Å²) in [5.41, 5.74) is 3.86. The first kappa shape index (κ1) is 21.4. The minimum absolute atomic E-state index is 0. The molecule has 0 aliphatic rings. The van der Waals surface area contributed by atoms with E-state index in [0.29, 0.717) is 5.69 Å². The minimum Gasteiger partial charge on any atom is -0.354 e. The molecule has 0 aromatic carbocycles. The summed E-state index contributed by atoms with van der Waals surface area (Å²) in [5, 5.41) is 11.0. The summed E-state index contributed by atoms with van der Waals surface area (Å²) in [5.74, 6) is -0.786. The fraction of sp³-hybridized carbons (Fsp3) is 0.105. The lowest BCUT2D eigenvalue weighted by molar-refractivity contribution is 0.0700. The first-order chi connectivity index (χ1) is 12.7. The number of nitrogens with one attached hydrogen (secondary N) is 2. The molecule has 0 radical (unpaired) electrons. The summed E-state index contributed by atoms with van der Waals surface area (Å²) in [7, 11) is 1.58. The Kier molecular flexibility index (Phi) is 8.76. The standard InChI is InChI=1S/C11H9N3O2.C7H8N2O.CH4/c15-11(14-16)10-6-8(3-5-13-10)9-2-1-4-12-7-9;1-8-7(10)6-4-2-3-5-9-6;/h1-7,16H,(H,14,15);2-5H,1H3,(H,8,10);1H4. The number of carbonyl (C=O) groups is 2. The number of carbonyl (C=O) groups excluding carboxylic acids is 2. The van der Waals surface area contributed by atoms with Gasteiger partial charge in [-0.05, 0) is 35.9 Å². The summed E-state index contributed by atoms with van der Waals surface area (Å²) in [6.45, 7) is 0. The molecule has 0 unspecified atom stereocenters. The van der Waals surface area contributed by atoms with Crippen LogP contribution in [0.15, 0.2) is 67.3 Å². The zero-order valence-electron chi connectivity index (χ0n) is 14.0. The van der Waals surface area contributed by atoms with Crippen molar-refractivity contribution in [1.29, 1.82) is 0 Å². The van der Waals surface area contributed by atoms with Gasteiger partial charge in [0.25, 0.3) is 11.8 Å². The Bertz CT molecular complexity index is 857. The van der Waals surface area contributed by atoms with Crippen LogP contribution in [0.2, 0.25) is 0 Å². The van der Waals surface area contributed by atoms with Crippen LogP contribution in [0.1, 0.15) is 28.4 Å². The van der Waals surface area contributed by atoms with Crippen LogP contribution < -0.4 is 10.8 Å². The van der Waals surface area contributed by atoms with Crippen LogP contribution >= 0.6 is 0 Å². The fourth-order valence-electron chi connectivity index (χ4n) is 1.95. The van der Waals surface area contributed by atoms with Gasteiger partial charge in [-0.1, -0.05) is 19.6 Å². The Hall–Kier alpha value is -3.65. The highest BCUT2D eigenvalue weighted by atomic mass is 16.5. The van der Waals surface area contributed by atoms with Crippen LogP contribution in [-0.2, 0) is 0 Å². The van der Waals surface area contributed by atoms with Crippen molar-refractivity contribution in [2.75, 3.05) is 7.05 Å². The van der Waals surface area contributed by atoms with Crippen LogP contribution in [0.5, 0.6) is 0 Å². The average molecular weight is 367 g/mol. The summed E-state index contributed by atoms with van der Waals surface area (Å²) in [6.07, 6.45) is 6.46. The quantitative estimate of drug-likeness (QED) is 0.483. The highest BCUT2D eigenvalue weighted by Crippen LogP contribution is 2.17. The predicted octanol–water partition coefficient (Wildman–Crippen LogP) is 2.34. The molecule has 3 heterocycles. The fourth-order valence-corrected chi connectivity index (χ4v) is 1.95. The van der Waals surface area contributed by atoms with Crippen LogP contribution in [0.25, 0.3) is 11.1 Å². The van der Waals surface area contributed by atoms with E-state index in [1.807, 2.05) is 12.1 Å². The Balaban J connectivity index is 0.000000288. The van der Waals surface area contributed by atoms with E-state index in [4.69, 9.17) is 5.21 Å². The van der Waals surface area contributed by atoms with Gasteiger partial charge >= 0.3 is 0 Å². The molecule has 0 fully saturated rings. The lowest BCUT2D eigenvalue weighted by atomic mass is 10.1.